The Morgan fingerprint density at radius 3 is 1.59 bits per heavy atom. The number of para-hydroxylation sites is 4. The molecule has 0 aliphatic carbocycles. The van der Waals surface area contributed by atoms with Crippen molar-refractivity contribution in [1.82, 2.24) is 9.55 Å². The van der Waals surface area contributed by atoms with E-state index in [4.69, 9.17) is 4.98 Å². The molecule has 2 aromatic heterocycles. The third-order valence-corrected chi connectivity index (χ3v) is 14.8. The summed E-state index contributed by atoms with van der Waals surface area (Å²) in [6.45, 7) is 25.3. The Hall–Kier alpha value is -7.20. The van der Waals surface area contributed by atoms with Crippen molar-refractivity contribution in [1.29, 1.82) is 0 Å². The predicted molar refractivity (Wildman–Crippen MR) is 307 cm³/mol. The largest absolute Gasteiger partial charge is 0.493 e. The van der Waals surface area contributed by atoms with Crippen molar-refractivity contribution < 1.29 is 21.1 Å². The minimum atomic E-state index is -0.445. The summed E-state index contributed by atoms with van der Waals surface area (Å²) >= 11 is 0. The normalized spacial score (nSPS) is 13.1. The maximum absolute atomic E-state index is 5.16. The first-order valence-corrected chi connectivity index (χ1v) is 25.6. The molecule has 0 spiro atoms. The molecule has 374 valence electrons. The Bertz CT molecular complexity index is 3560. The molecule has 0 bridgehead atoms. The molecule has 1 aliphatic heterocycles. The van der Waals surface area contributed by atoms with Crippen molar-refractivity contribution in [2.24, 2.45) is 0 Å². The van der Waals surface area contributed by atoms with Crippen LogP contribution in [0.25, 0.3) is 27.6 Å². The monoisotopic (exact) mass is 1150 g/mol. The van der Waals surface area contributed by atoms with Crippen molar-refractivity contribution >= 4 is 61.6 Å². The zero-order chi connectivity index (χ0) is 50.9. The van der Waals surface area contributed by atoms with Crippen molar-refractivity contribution in [2.45, 2.75) is 90.9 Å². The smallest absolute Gasteiger partial charge is 0.135 e. The van der Waals surface area contributed by atoms with Gasteiger partial charge in [0.25, 0.3) is 0 Å². The number of anilines is 7. The average Bonchev–Trinajstić information content (AvgIpc) is 3.95. The van der Waals surface area contributed by atoms with Crippen LogP contribution in [0.1, 0.15) is 103 Å². The number of nitrogens with zero attached hydrogens (tertiary/aromatic N) is 5. The van der Waals surface area contributed by atoms with Crippen LogP contribution in [0.15, 0.2) is 200 Å². The molecule has 0 saturated heterocycles. The molecule has 0 radical (unpaired) electrons. The molecule has 11 rings (SSSR count). The fourth-order valence-corrected chi connectivity index (χ4v) is 10.5. The van der Waals surface area contributed by atoms with Crippen LogP contribution in [0.5, 0.6) is 0 Å². The van der Waals surface area contributed by atoms with Gasteiger partial charge in [-0.3, -0.25) is 0 Å². The Labute approximate surface area is 453 Å². The molecular formula is C68H64N5Pt-3. The van der Waals surface area contributed by atoms with E-state index in [0.717, 1.165) is 73.0 Å². The zero-order valence-electron chi connectivity index (χ0n) is 44.2. The van der Waals surface area contributed by atoms with E-state index in [1.807, 2.05) is 6.20 Å². The SMILES string of the molecule is CC(C)(C)c1cc(N2[CH-]N(c3cc(C(C)(C)C)cc(C(C)(C)C)c3)c3ccccc32)[c-]c(N(c2[c-]c3c(cc2)c2ccccc2n3-c2cc(C(C)(c3ccccc3)c3ccccc3)ccn2)c2ccccc2)c1.[Pt]. The first-order chi connectivity index (χ1) is 35.0. The van der Waals surface area contributed by atoms with Crippen molar-refractivity contribution in [3.05, 3.63) is 253 Å². The van der Waals surface area contributed by atoms with Gasteiger partial charge in [-0.1, -0.05) is 194 Å². The molecule has 3 heterocycles. The maximum atomic E-state index is 5.16. The van der Waals surface area contributed by atoms with E-state index in [1.165, 1.54) is 27.8 Å². The van der Waals surface area contributed by atoms with E-state index in [0.29, 0.717) is 0 Å². The molecule has 6 heteroatoms. The zero-order valence-corrected chi connectivity index (χ0v) is 46.5. The van der Waals surface area contributed by atoms with Gasteiger partial charge in [-0.2, -0.15) is 6.07 Å². The van der Waals surface area contributed by atoms with Gasteiger partial charge in [-0.05, 0) is 111 Å². The van der Waals surface area contributed by atoms with Gasteiger partial charge in [0.05, 0.1) is 0 Å². The number of rotatable bonds is 9. The standard InChI is InChI=1S/C68H64N5.Pt/c1-65(2,3)50-38-51(66(4,5)6)40-55(39-50)70-46-71(62-33-23-22-32-61(62)70)56-41-52(67(7,8)9)42-57(44-56)72(53-28-18-13-19-29-53)54-34-35-59-58-30-20-21-31-60(58)73(63(59)45-54)64-43-49(36-37-69-64)68(10,47-24-14-11-15-25-47)48-26-16-12-17-27-48;/h11-43,46H,1-10H3;/q-3;. The van der Waals surface area contributed by atoms with Gasteiger partial charge in [-0.25, -0.2) is 4.98 Å². The molecule has 10 aromatic rings. The second-order valence-electron chi connectivity index (χ2n) is 22.9. The molecule has 8 aromatic carbocycles. The van der Waals surface area contributed by atoms with Crippen LogP contribution in [-0.4, -0.2) is 9.55 Å². The van der Waals surface area contributed by atoms with Crippen molar-refractivity contribution in [2.75, 3.05) is 14.7 Å². The molecule has 0 amide bonds. The summed E-state index contributed by atoms with van der Waals surface area (Å²) in [7, 11) is 0. The number of pyridine rings is 1. The van der Waals surface area contributed by atoms with E-state index < -0.39 is 5.41 Å². The van der Waals surface area contributed by atoms with Gasteiger partial charge in [0.1, 0.15) is 5.82 Å². The third kappa shape index (κ3) is 9.15. The Balaban J connectivity index is 0.00000626. The molecule has 1 aliphatic rings. The average molecular weight is 1150 g/mol. The minimum absolute atomic E-state index is 0. The van der Waals surface area contributed by atoms with Crippen LogP contribution in [0.4, 0.5) is 39.8 Å². The Morgan fingerprint density at radius 2 is 0.986 bits per heavy atom. The van der Waals surface area contributed by atoms with E-state index in [2.05, 4.69) is 301 Å². The topological polar surface area (TPSA) is 27.5 Å². The van der Waals surface area contributed by atoms with Crippen LogP contribution >= 0.6 is 0 Å². The number of hydrogen-bond donors (Lipinski definition) is 0. The van der Waals surface area contributed by atoms with Gasteiger partial charge in [0, 0.05) is 60.9 Å². The van der Waals surface area contributed by atoms with E-state index in [1.54, 1.807) is 0 Å². The molecule has 0 fully saturated rings. The molecular weight excluding hydrogens is 1080 g/mol. The third-order valence-electron chi connectivity index (χ3n) is 14.8. The van der Waals surface area contributed by atoms with Crippen LogP contribution in [0.2, 0.25) is 0 Å². The molecule has 0 atom stereocenters. The van der Waals surface area contributed by atoms with Gasteiger partial charge in [-0.15, -0.1) is 53.6 Å². The second-order valence-corrected chi connectivity index (χ2v) is 22.9. The Kier molecular flexibility index (Phi) is 13.1. The fraction of sp³-hybridized carbons (Fsp3) is 0.206. The fourth-order valence-electron chi connectivity index (χ4n) is 10.5. The van der Waals surface area contributed by atoms with E-state index in [9.17, 15) is 0 Å². The number of fused-ring (bicyclic) bond motifs is 4. The van der Waals surface area contributed by atoms with Gasteiger partial charge in [0.15, 0.2) is 0 Å². The number of hydrogen-bond acceptors (Lipinski definition) is 4. The van der Waals surface area contributed by atoms with Gasteiger partial charge in [0.2, 0.25) is 0 Å². The minimum Gasteiger partial charge on any atom is -0.493 e. The molecule has 74 heavy (non-hydrogen) atoms. The number of benzene rings is 8. The van der Waals surface area contributed by atoms with Gasteiger partial charge >= 0.3 is 0 Å². The van der Waals surface area contributed by atoms with Crippen LogP contribution in [0, 0.1) is 18.8 Å². The Morgan fingerprint density at radius 1 is 0.446 bits per heavy atom. The van der Waals surface area contributed by atoms with E-state index in [-0.39, 0.29) is 37.3 Å². The van der Waals surface area contributed by atoms with Crippen molar-refractivity contribution in [3.63, 3.8) is 0 Å². The van der Waals surface area contributed by atoms with Gasteiger partial charge < -0.3 is 19.3 Å². The summed E-state index contributed by atoms with van der Waals surface area (Å²) in [4.78, 5) is 12.1. The molecule has 0 N–H and O–H groups in total. The first-order valence-electron chi connectivity index (χ1n) is 25.6. The predicted octanol–water partition coefficient (Wildman–Crippen LogP) is 17.9. The van der Waals surface area contributed by atoms with E-state index >= 15 is 0 Å². The summed E-state index contributed by atoms with van der Waals surface area (Å²) in [5.74, 6) is 0.834. The molecule has 0 saturated carbocycles. The summed E-state index contributed by atoms with van der Waals surface area (Å²) in [6, 6.07) is 78.3. The molecule has 0 unspecified atom stereocenters. The maximum Gasteiger partial charge on any atom is 0.135 e. The van der Waals surface area contributed by atoms with Crippen LogP contribution in [0.3, 0.4) is 0 Å². The summed E-state index contributed by atoms with van der Waals surface area (Å²) < 4.78 is 2.29. The van der Waals surface area contributed by atoms with Crippen LogP contribution in [-0.2, 0) is 42.7 Å². The summed E-state index contributed by atoms with van der Waals surface area (Å²) in [5.41, 5.74) is 15.9. The van der Waals surface area contributed by atoms with Crippen LogP contribution < -0.4 is 14.7 Å². The quantitative estimate of drug-likeness (QED) is 0.135. The van der Waals surface area contributed by atoms with Crippen molar-refractivity contribution in [3.8, 4) is 5.82 Å². The molecule has 5 nitrogen and oxygen atoms in total. The second kappa shape index (κ2) is 19.3. The number of aromatic nitrogens is 2. The summed E-state index contributed by atoms with van der Waals surface area (Å²) in [5, 5.41) is 2.25. The first kappa shape index (κ1) is 50.3. The summed E-state index contributed by atoms with van der Waals surface area (Å²) in [6.07, 6.45) is 1.96.